The van der Waals surface area contributed by atoms with Gasteiger partial charge in [-0.2, -0.15) is 0 Å². The molecule has 2 aromatic rings. The quantitative estimate of drug-likeness (QED) is 0.765. The van der Waals surface area contributed by atoms with E-state index in [0.717, 1.165) is 31.0 Å². The molecule has 1 amide bonds. The van der Waals surface area contributed by atoms with Crippen molar-refractivity contribution in [3.8, 4) is 11.5 Å². The molecule has 1 aliphatic heterocycles. The van der Waals surface area contributed by atoms with Crippen molar-refractivity contribution in [2.24, 2.45) is 0 Å². The van der Waals surface area contributed by atoms with E-state index in [1.807, 2.05) is 32.0 Å². The number of rotatable bonds is 7. The van der Waals surface area contributed by atoms with Gasteiger partial charge in [-0.3, -0.25) is 4.79 Å². The van der Waals surface area contributed by atoms with Crippen LogP contribution in [0.1, 0.15) is 25.0 Å². The van der Waals surface area contributed by atoms with Gasteiger partial charge in [-0.1, -0.05) is 23.7 Å². The highest BCUT2D eigenvalue weighted by Crippen LogP contribution is 2.32. The van der Waals surface area contributed by atoms with Crippen molar-refractivity contribution >= 4 is 23.2 Å². The van der Waals surface area contributed by atoms with E-state index in [4.69, 9.17) is 21.1 Å². The molecule has 0 aromatic heterocycles. The molecule has 0 radical (unpaired) electrons. The summed E-state index contributed by atoms with van der Waals surface area (Å²) in [5, 5.41) is 3.45. The first-order chi connectivity index (χ1) is 13.1. The first kappa shape index (κ1) is 19.5. The molecule has 2 aromatic carbocycles. The molecule has 5 nitrogen and oxygen atoms in total. The Morgan fingerprint density at radius 1 is 1.11 bits per heavy atom. The SMILES string of the molecule is CCOc1cc2c(cc1OCC)C[NH+](CC(=O)Nc1ccccc1Cl)CC2. The number of halogens is 1. The minimum absolute atomic E-state index is 0.0301. The Morgan fingerprint density at radius 2 is 1.78 bits per heavy atom. The summed E-state index contributed by atoms with van der Waals surface area (Å²) in [5.74, 6) is 1.55. The Balaban J connectivity index is 1.67. The van der Waals surface area contributed by atoms with Gasteiger partial charge in [0.25, 0.3) is 5.91 Å². The zero-order chi connectivity index (χ0) is 19.2. The predicted octanol–water partition coefficient (Wildman–Crippen LogP) is 2.72. The average Bonchev–Trinajstić information content (AvgIpc) is 2.64. The Hall–Kier alpha value is -2.24. The van der Waals surface area contributed by atoms with Crippen molar-refractivity contribution in [3.05, 3.63) is 52.5 Å². The summed E-state index contributed by atoms with van der Waals surface area (Å²) < 4.78 is 11.5. The van der Waals surface area contributed by atoms with Gasteiger partial charge < -0.3 is 19.7 Å². The number of carbonyl (C=O) groups excluding carboxylic acids is 1. The summed E-state index contributed by atoms with van der Waals surface area (Å²) in [6.07, 6.45) is 0.913. The maximum atomic E-state index is 12.4. The van der Waals surface area contributed by atoms with Gasteiger partial charge in [0.2, 0.25) is 0 Å². The van der Waals surface area contributed by atoms with Crippen LogP contribution in [0, 0.1) is 0 Å². The third-order valence-corrected chi connectivity index (χ3v) is 4.94. The molecule has 3 rings (SSSR count). The van der Waals surface area contributed by atoms with Crippen LogP contribution in [-0.2, 0) is 17.8 Å². The lowest BCUT2D eigenvalue weighted by Gasteiger charge is -2.26. The Kier molecular flexibility index (Phi) is 6.58. The fraction of sp³-hybridized carbons (Fsp3) is 0.381. The van der Waals surface area contributed by atoms with E-state index < -0.39 is 0 Å². The number of fused-ring (bicyclic) bond motifs is 1. The summed E-state index contributed by atoms with van der Waals surface area (Å²) in [6, 6.07) is 11.4. The molecule has 0 fully saturated rings. The highest BCUT2D eigenvalue weighted by atomic mass is 35.5. The van der Waals surface area contributed by atoms with E-state index in [0.29, 0.717) is 30.5 Å². The second-order valence-electron chi connectivity index (χ2n) is 6.57. The van der Waals surface area contributed by atoms with Crippen LogP contribution in [0.15, 0.2) is 36.4 Å². The Labute approximate surface area is 165 Å². The zero-order valence-electron chi connectivity index (χ0n) is 15.8. The van der Waals surface area contributed by atoms with Gasteiger partial charge >= 0.3 is 0 Å². The molecule has 144 valence electrons. The Morgan fingerprint density at radius 3 is 2.44 bits per heavy atom. The van der Waals surface area contributed by atoms with Gasteiger partial charge in [0, 0.05) is 12.0 Å². The van der Waals surface area contributed by atoms with Gasteiger partial charge in [0.1, 0.15) is 6.54 Å². The highest BCUT2D eigenvalue weighted by Gasteiger charge is 2.24. The molecular formula is C21H26ClN2O3+. The van der Waals surface area contributed by atoms with Gasteiger partial charge in [-0.15, -0.1) is 0 Å². The fourth-order valence-corrected chi connectivity index (χ4v) is 3.57. The summed E-state index contributed by atoms with van der Waals surface area (Å²) in [7, 11) is 0. The maximum absolute atomic E-state index is 12.4. The average molecular weight is 390 g/mol. The van der Waals surface area contributed by atoms with E-state index in [1.54, 1.807) is 6.07 Å². The van der Waals surface area contributed by atoms with Crippen molar-refractivity contribution in [1.29, 1.82) is 0 Å². The molecule has 6 heteroatoms. The van der Waals surface area contributed by atoms with Crippen LogP contribution in [0.4, 0.5) is 5.69 Å². The molecule has 1 unspecified atom stereocenters. The number of hydrogen-bond acceptors (Lipinski definition) is 3. The molecule has 2 N–H and O–H groups in total. The third kappa shape index (κ3) is 4.93. The highest BCUT2D eigenvalue weighted by molar-refractivity contribution is 6.33. The van der Waals surface area contributed by atoms with Crippen molar-refractivity contribution in [3.63, 3.8) is 0 Å². The number of anilines is 1. The zero-order valence-corrected chi connectivity index (χ0v) is 16.6. The number of quaternary nitrogens is 1. The summed E-state index contributed by atoms with van der Waals surface area (Å²) in [5.41, 5.74) is 3.15. The molecular weight excluding hydrogens is 364 g/mol. The lowest BCUT2D eigenvalue weighted by atomic mass is 9.98. The van der Waals surface area contributed by atoms with Crippen LogP contribution in [0.5, 0.6) is 11.5 Å². The molecule has 1 heterocycles. The van der Waals surface area contributed by atoms with E-state index in [2.05, 4.69) is 17.4 Å². The first-order valence-electron chi connectivity index (χ1n) is 9.40. The van der Waals surface area contributed by atoms with E-state index in [-0.39, 0.29) is 5.91 Å². The predicted molar refractivity (Wildman–Crippen MR) is 107 cm³/mol. The Bertz CT molecular complexity index is 810. The number of nitrogens with one attached hydrogen (secondary N) is 2. The van der Waals surface area contributed by atoms with Crippen LogP contribution in [0.25, 0.3) is 0 Å². The maximum Gasteiger partial charge on any atom is 0.279 e. The molecule has 0 saturated heterocycles. The van der Waals surface area contributed by atoms with Gasteiger partial charge in [-0.25, -0.2) is 0 Å². The molecule has 0 aliphatic carbocycles. The number of amides is 1. The molecule has 1 aliphatic rings. The van der Waals surface area contributed by atoms with Gasteiger partial charge in [-0.05, 0) is 43.7 Å². The van der Waals surface area contributed by atoms with Crippen LogP contribution in [-0.4, -0.2) is 32.2 Å². The van der Waals surface area contributed by atoms with Crippen molar-refractivity contribution in [2.75, 3.05) is 31.6 Å². The third-order valence-electron chi connectivity index (χ3n) is 4.61. The second-order valence-corrected chi connectivity index (χ2v) is 6.97. The summed E-state index contributed by atoms with van der Waals surface area (Å²) in [6.45, 7) is 7.24. The van der Waals surface area contributed by atoms with Gasteiger partial charge in [0.15, 0.2) is 18.0 Å². The second kappa shape index (κ2) is 9.11. The number of carbonyl (C=O) groups is 1. The lowest BCUT2D eigenvalue weighted by Crippen LogP contribution is -3.12. The number of para-hydroxylation sites is 1. The normalized spacial score (nSPS) is 15.7. The van der Waals surface area contributed by atoms with Crippen molar-refractivity contribution < 1.29 is 19.2 Å². The summed E-state index contributed by atoms with van der Waals surface area (Å²) in [4.78, 5) is 13.6. The number of hydrogen-bond donors (Lipinski definition) is 2. The monoisotopic (exact) mass is 389 g/mol. The fourth-order valence-electron chi connectivity index (χ4n) is 3.38. The minimum atomic E-state index is -0.0301. The molecule has 0 bridgehead atoms. The van der Waals surface area contributed by atoms with E-state index >= 15 is 0 Å². The van der Waals surface area contributed by atoms with E-state index in [1.165, 1.54) is 16.0 Å². The van der Waals surface area contributed by atoms with Crippen molar-refractivity contribution in [2.45, 2.75) is 26.8 Å². The molecule has 1 atom stereocenters. The van der Waals surface area contributed by atoms with Crippen LogP contribution in [0.2, 0.25) is 5.02 Å². The summed E-state index contributed by atoms with van der Waals surface area (Å²) >= 11 is 6.12. The van der Waals surface area contributed by atoms with Crippen LogP contribution >= 0.6 is 11.6 Å². The largest absolute Gasteiger partial charge is 0.490 e. The van der Waals surface area contributed by atoms with E-state index in [9.17, 15) is 4.79 Å². The standard InChI is InChI=1S/C21H25ClN2O3/c1-3-26-19-11-15-9-10-24(13-16(15)12-20(19)27-4-2)14-21(25)23-18-8-6-5-7-17(18)22/h5-8,11-12H,3-4,9-10,13-14H2,1-2H3,(H,23,25)/p+1. The lowest BCUT2D eigenvalue weighted by molar-refractivity contribution is -0.907. The number of ether oxygens (including phenoxy) is 2. The van der Waals surface area contributed by atoms with Gasteiger partial charge in [0.05, 0.1) is 30.5 Å². The minimum Gasteiger partial charge on any atom is -0.490 e. The van der Waals surface area contributed by atoms with Crippen LogP contribution < -0.4 is 19.7 Å². The number of benzene rings is 2. The molecule has 0 saturated carbocycles. The topological polar surface area (TPSA) is 52.0 Å². The smallest absolute Gasteiger partial charge is 0.279 e. The molecule has 0 spiro atoms. The molecule has 27 heavy (non-hydrogen) atoms. The first-order valence-corrected chi connectivity index (χ1v) is 9.77. The van der Waals surface area contributed by atoms with Crippen molar-refractivity contribution in [1.82, 2.24) is 0 Å². The van der Waals surface area contributed by atoms with Crippen LogP contribution in [0.3, 0.4) is 0 Å².